The molecule has 0 aliphatic carbocycles. The number of fused-ring (bicyclic) bond motifs is 1. The Morgan fingerprint density at radius 1 is 0.955 bits per heavy atom. The Kier molecular flexibility index (Phi) is 4.40. The van der Waals surface area contributed by atoms with Gasteiger partial charge in [-0.25, -0.2) is 0 Å². The summed E-state index contributed by atoms with van der Waals surface area (Å²) >= 11 is 5.93. The van der Waals surface area contributed by atoms with E-state index in [1.54, 1.807) is 6.07 Å². The van der Waals surface area contributed by atoms with Gasteiger partial charge in [-0.15, -0.1) is 0 Å². The predicted octanol–water partition coefficient (Wildman–Crippen LogP) is 4.35. The van der Waals surface area contributed by atoms with Gasteiger partial charge in [-0.1, -0.05) is 66.2 Å². The monoisotopic (exact) mass is 309 g/mol. The zero-order valence-electron chi connectivity index (χ0n) is 12.1. The fraction of sp³-hybridized carbons (Fsp3) is 0.105. The van der Waals surface area contributed by atoms with Crippen LogP contribution in [0.5, 0.6) is 0 Å². The summed E-state index contributed by atoms with van der Waals surface area (Å²) in [5.74, 6) is -0.00444. The molecule has 0 bridgehead atoms. The molecule has 0 spiro atoms. The summed E-state index contributed by atoms with van der Waals surface area (Å²) in [5.41, 5.74) is 2.04. The highest BCUT2D eigenvalue weighted by Crippen LogP contribution is 2.18. The minimum absolute atomic E-state index is 0.00444. The molecule has 0 aliphatic heterocycles. The van der Waals surface area contributed by atoms with E-state index in [1.807, 2.05) is 42.5 Å². The molecule has 3 aromatic rings. The lowest BCUT2D eigenvalue weighted by Crippen LogP contribution is -2.24. The van der Waals surface area contributed by atoms with Crippen LogP contribution in [0.4, 0.5) is 0 Å². The van der Waals surface area contributed by atoms with Crippen LogP contribution in [0.25, 0.3) is 10.8 Å². The SMILES string of the molecule is O=C(Cc1cccc(Cl)c1)NCc1cccc2ccccc12. The molecule has 0 aliphatic rings. The Balaban J connectivity index is 1.68. The molecule has 1 N–H and O–H groups in total. The van der Waals surface area contributed by atoms with Crippen LogP contribution in [0.15, 0.2) is 66.7 Å². The van der Waals surface area contributed by atoms with E-state index in [0.29, 0.717) is 18.0 Å². The number of carbonyl (C=O) groups is 1. The third-order valence-corrected chi connectivity index (χ3v) is 3.84. The number of halogens is 1. The maximum absolute atomic E-state index is 12.1. The van der Waals surface area contributed by atoms with Crippen molar-refractivity contribution < 1.29 is 4.79 Å². The van der Waals surface area contributed by atoms with E-state index >= 15 is 0 Å². The van der Waals surface area contributed by atoms with Crippen LogP contribution in [0, 0.1) is 0 Å². The van der Waals surface area contributed by atoms with Gasteiger partial charge in [-0.3, -0.25) is 4.79 Å². The van der Waals surface area contributed by atoms with E-state index in [9.17, 15) is 4.79 Å². The van der Waals surface area contributed by atoms with Crippen LogP contribution in [0.1, 0.15) is 11.1 Å². The Morgan fingerprint density at radius 3 is 2.59 bits per heavy atom. The van der Waals surface area contributed by atoms with Gasteiger partial charge in [0.05, 0.1) is 6.42 Å². The lowest BCUT2D eigenvalue weighted by atomic mass is 10.0. The highest BCUT2D eigenvalue weighted by molar-refractivity contribution is 6.30. The normalized spacial score (nSPS) is 10.6. The number of hydrogen-bond donors (Lipinski definition) is 1. The van der Waals surface area contributed by atoms with Gasteiger partial charge in [0.25, 0.3) is 0 Å². The van der Waals surface area contributed by atoms with Gasteiger partial charge in [0.1, 0.15) is 0 Å². The third-order valence-electron chi connectivity index (χ3n) is 3.61. The smallest absolute Gasteiger partial charge is 0.224 e. The Morgan fingerprint density at radius 2 is 1.73 bits per heavy atom. The molecule has 0 saturated heterocycles. The van der Waals surface area contributed by atoms with Gasteiger partial charge in [-0.05, 0) is 34.0 Å². The van der Waals surface area contributed by atoms with Crippen LogP contribution in [0.2, 0.25) is 5.02 Å². The summed E-state index contributed by atoms with van der Waals surface area (Å²) in [6, 6.07) is 21.7. The number of rotatable bonds is 4. The average molecular weight is 310 g/mol. The van der Waals surface area contributed by atoms with Gasteiger partial charge < -0.3 is 5.32 Å². The first-order valence-electron chi connectivity index (χ1n) is 7.20. The molecule has 0 fully saturated rings. The van der Waals surface area contributed by atoms with Crippen molar-refractivity contribution in [2.45, 2.75) is 13.0 Å². The summed E-state index contributed by atoms with van der Waals surface area (Å²) in [7, 11) is 0. The van der Waals surface area contributed by atoms with Gasteiger partial charge in [0.2, 0.25) is 5.91 Å². The van der Waals surface area contributed by atoms with Gasteiger partial charge in [0.15, 0.2) is 0 Å². The van der Waals surface area contributed by atoms with Crippen LogP contribution in [-0.4, -0.2) is 5.91 Å². The summed E-state index contributed by atoms with van der Waals surface area (Å²) in [6.45, 7) is 0.529. The van der Waals surface area contributed by atoms with Crippen molar-refractivity contribution in [1.82, 2.24) is 5.32 Å². The summed E-state index contributed by atoms with van der Waals surface area (Å²) < 4.78 is 0. The summed E-state index contributed by atoms with van der Waals surface area (Å²) in [4.78, 5) is 12.1. The zero-order valence-corrected chi connectivity index (χ0v) is 12.8. The molecule has 3 aromatic carbocycles. The molecule has 22 heavy (non-hydrogen) atoms. The van der Waals surface area contributed by atoms with Gasteiger partial charge in [-0.2, -0.15) is 0 Å². The standard InChI is InChI=1S/C19H16ClNO/c20-17-9-3-5-14(11-17)12-19(22)21-13-16-8-4-7-15-6-1-2-10-18(15)16/h1-11H,12-13H2,(H,21,22). The fourth-order valence-corrected chi connectivity index (χ4v) is 2.75. The first-order chi connectivity index (χ1) is 10.7. The highest BCUT2D eigenvalue weighted by Gasteiger charge is 2.05. The summed E-state index contributed by atoms with van der Waals surface area (Å²) in [6.07, 6.45) is 0.339. The van der Waals surface area contributed by atoms with Crippen LogP contribution in [-0.2, 0) is 17.8 Å². The molecular weight excluding hydrogens is 294 g/mol. The van der Waals surface area contributed by atoms with E-state index in [4.69, 9.17) is 11.6 Å². The maximum atomic E-state index is 12.1. The van der Waals surface area contributed by atoms with E-state index in [0.717, 1.165) is 11.1 Å². The van der Waals surface area contributed by atoms with Crippen molar-refractivity contribution >= 4 is 28.3 Å². The van der Waals surface area contributed by atoms with Crippen molar-refractivity contribution in [3.8, 4) is 0 Å². The largest absolute Gasteiger partial charge is 0.352 e. The second-order valence-electron chi connectivity index (χ2n) is 5.22. The maximum Gasteiger partial charge on any atom is 0.224 e. The minimum atomic E-state index is -0.00444. The van der Waals surface area contributed by atoms with Gasteiger partial charge in [0, 0.05) is 11.6 Å². The Labute approximate surface area is 134 Å². The highest BCUT2D eigenvalue weighted by atomic mass is 35.5. The van der Waals surface area contributed by atoms with Crippen molar-refractivity contribution in [3.63, 3.8) is 0 Å². The Bertz CT molecular complexity index is 808. The van der Waals surface area contributed by atoms with Crippen molar-refractivity contribution in [3.05, 3.63) is 82.9 Å². The van der Waals surface area contributed by atoms with Crippen LogP contribution >= 0.6 is 11.6 Å². The molecule has 0 aromatic heterocycles. The Hall–Kier alpha value is -2.32. The number of hydrogen-bond acceptors (Lipinski definition) is 1. The fourth-order valence-electron chi connectivity index (χ4n) is 2.54. The number of amides is 1. The van der Waals surface area contributed by atoms with E-state index in [1.165, 1.54) is 10.8 Å². The number of nitrogens with one attached hydrogen (secondary N) is 1. The second kappa shape index (κ2) is 6.63. The van der Waals surface area contributed by atoms with Gasteiger partial charge >= 0.3 is 0 Å². The third kappa shape index (κ3) is 3.46. The minimum Gasteiger partial charge on any atom is -0.352 e. The zero-order chi connectivity index (χ0) is 15.4. The second-order valence-corrected chi connectivity index (χ2v) is 5.66. The topological polar surface area (TPSA) is 29.1 Å². The van der Waals surface area contributed by atoms with Crippen LogP contribution in [0.3, 0.4) is 0 Å². The quantitative estimate of drug-likeness (QED) is 0.762. The van der Waals surface area contributed by atoms with Crippen LogP contribution < -0.4 is 5.32 Å². The lowest BCUT2D eigenvalue weighted by Gasteiger charge is -2.09. The molecule has 0 unspecified atom stereocenters. The molecule has 0 heterocycles. The molecule has 3 rings (SSSR count). The van der Waals surface area contributed by atoms with E-state index in [-0.39, 0.29) is 5.91 Å². The number of benzene rings is 3. The molecule has 0 atom stereocenters. The van der Waals surface area contributed by atoms with E-state index in [2.05, 4.69) is 23.5 Å². The lowest BCUT2D eigenvalue weighted by molar-refractivity contribution is -0.120. The molecular formula is C19H16ClNO. The first-order valence-corrected chi connectivity index (χ1v) is 7.58. The predicted molar refractivity (Wildman–Crippen MR) is 91.0 cm³/mol. The van der Waals surface area contributed by atoms with Crippen molar-refractivity contribution in [2.75, 3.05) is 0 Å². The van der Waals surface area contributed by atoms with Crippen molar-refractivity contribution in [2.24, 2.45) is 0 Å². The molecule has 2 nitrogen and oxygen atoms in total. The summed E-state index contributed by atoms with van der Waals surface area (Å²) in [5, 5.41) is 5.99. The average Bonchev–Trinajstić information content (AvgIpc) is 2.53. The molecule has 110 valence electrons. The molecule has 0 saturated carbocycles. The first kappa shape index (κ1) is 14.6. The molecule has 3 heteroatoms. The molecule has 1 amide bonds. The van der Waals surface area contributed by atoms with E-state index < -0.39 is 0 Å². The van der Waals surface area contributed by atoms with Crippen molar-refractivity contribution in [1.29, 1.82) is 0 Å². The number of carbonyl (C=O) groups excluding carboxylic acids is 1. The molecule has 0 radical (unpaired) electrons.